The fourth-order valence-corrected chi connectivity index (χ4v) is 2.15. The molecule has 0 aromatic heterocycles. The Bertz CT molecular complexity index is 623. The number of ether oxygens (including phenoxy) is 1. The molecule has 4 heteroatoms. The van der Waals surface area contributed by atoms with E-state index in [2.05, 4.69) is 22.5 Å². The first-order valence-corrected chi connectivity index (χ1v) is 6.81. The topological polar surface area (TPSA) is 29.5 Å². The second-order valence-corrected chi connectivity index (χ2v) is 4.94. The van der Waals surface area contributed by atoms with E-state index in [1.165, 1.54) is 6.08 Å². The molecule has 0 N–H and O–H groups in total. The van der Waals surface area contributed by atoms with Crippen molar-refractivity contribution in [3.63, 3.8) is 0 Å². The van der Waals surface area contributed by atoms with Gasteiger partial charge in [0.25, 0.3) is 5.91 Å². The molecular formula is C16H14BrNO2. The highest BCUT2D eigenvalue weighted by atomic mass is 79.9. The van der Waals surface area contributed by atoms with Gasteiger partial charge >= 0.3 is 0 Å². The summed E-state index contributed by atoms with van der Waals surface area (Å²) in [7, 11) is 1.58. The number of hydrogen-bond donors (Lipinski definition) is 0. The highest BCUT2D eigenvalue weighted by Gasteiger charge is 2.18. The molecule has 0 atom stereocenters. The van der Waals surface area contributed by atoms with Crippen LogP contribution in [0, 0.1) is 0 Å². The van der Waals surface area contributed by atoms with Crippen molar-refractivity contribution in [3.05, 3.63) is 65.7 Å². The van der Waals surface area contributed by atoms with Crippen LogP contribution in [0.3, 0.4) is 0 Å². The lowest BCUT2D eigenvalue weighted by molar-refractivity contribution is -0.113. The predicted molar refractivity (Wildman–Crippen MR) is 84.5 cm³/mol. The molecule has 0 radical (unpaired) electrons. The number of methoxy groups -OCH3 is 1. The Morgan fingerprint density at radius 2 is 1.85 bits per heavy atom. The average Bonchev–Trinajstić information content (AvgIpc) is 2.49. The summed E-state index contributed by atoms with van der Waals surface area (Å²) in [4.78, 5) is 13.8. The van der Waals surface area contributed by atoms with Crippen molar-refractivity contribution < 1.29 is 9.53 Å². The van der Waals surface area contributed by atoms with Gasteiger partial charge in [-0.25, -0.2) is 0 Å². The summed E-state index contributed by atoms with van der Waals surface area (Å²) >= 11 is 3.38. The number of nitrogens with zero attached hydrogens (tertiary/aromatic N) is 1. The number of para-hydroxylation sites is 2. The van der Waals surface area contributed by atoms with Gasteiger partial charge in [-0.2, -0.15) is 0 Å². The normalized spacial score (nSPS) is 9.90. The molecule has 2 rings (SSSR count). The second kappa shape index (κ2) is 6.39. The molecular weight excluding hydrogens is 318 g/mol. The summed E-state index contributed by atoms with van der Waals surface area (Å²) in [6.45, 7) is 3.56. The number of carbonyl (C=O) groups is 1. The lowest BCUT2D eigenvalue weighted by Crippen LogP contribution is -2.24. The zero-order valence-electron chi connectivity index (χ0n) is 11.0. The maximum Gasteiger partial charge on any atom is 0.255 e. The smallest absolute Gasteiger partial charge is 0.255 e. The van der Waals surface area contributed by atoms with Crippen molar-refractivity contribution in [1.82, 2.24) is 0 Å². The van der Waals surface area contributed by atoms with E-state index >= 15 is 0 Å². The number of anilines is 2. The van der Waals surface area contributed by atoms with Crippen LogP contribution >= 0.6 is 15.9 Å². The third-order valence-corrected chi connectivity index (χ3v) is 3.33. The van der Waals surface area contributed by atoms with E-state index in [-0.39, 0.29) is 5.91 Å². The van der Waals surface area contributed by atoms with Gasteiger partial charge in [0, 0.05) is 10.2 Å². The van der Waals surface area contributed by atoms with Crippen molar-refractivity contribution in [2.75, 3.05) is 12.0 Å². The molecule has 0 aliphatic heterocycles. The first-order valence-electron chi connectivity index (χ1n) is 6.02. The molecule has 0 spiro atoms. The molecule has 2 aromatic rings. The van der Waals surface area contributed by atoms with Crippen LogP contribution in [0.4, 0.5) is 11.4 Å². The first kappa shape index (κ1) is 14.3. The van der Waals surface area contributed by atoms with Crippen LogP contribution in [-0.2, 0) is 4.79 Å². The van der Waals surface area contributed by atoms with Gasteiger partial charge in [-0.15, -0.1) is 0 Å². The number of hydrogen-bond acceptors (Lipinski definition) is 2. The molecule has 20 heavy (non-hydrogen) atoms. The Kier molecular flexibility index (Phi) is 4.58. The van der Waals surface area contributed by atoms with Gasteiger partial charge in [0.2, 0.25) is 0 Å². The second-order valence-electron chi connectivity index (χ2n) is 4.03. The quantitative estimate of drug-likeness (QED) is 0.781. The molecule has 1 amide bonds. The van der Waals surface area contributed by atoms with Crippen LogP contribution < -0.4 is 9.64 Å². The maximum absolute atomic E-state index is 12.2. The first-order chi connectivity index (χ1) is 9.67. The third-order valence-electron chi connectivity index (χ3n) is 2.81. The van der Waals surface area contributed by atoms with E-state index in [9.17, 15) is 4.79 Å². The lowest BCUT2D eigenvalue weighted by Gasteiger charge is -2.23. The molecule has 3 nitrogen and oxygen atoms in total. The lowest BCUT2D eigenvalue weighted by atomic mass is 10.2. The minimum absolute atomic E-state index is 0.211. The van der Waals surface area contributed by atoms with E-state index in [4.69, 9.17) is 4.74 Å². The number of carbonyl (C=O) groups excluding carboxylic acids is 1. The van der Waals surface area contributed by atoms with Crippen molar-refractivity contribution in [2.24, 2.45) is 0 Å². The van der Waals surface area contributed by atoms with Gasteiger partial charge < -0.3 is 4.74 Å². The fourth-order valence-electron chi connectivity index (χ4n) is 1.88. The summed E-state index contributed by atoms with van der Waals surface area (Å²) in [6, 6.07) is 14.9. The van der Waals surface area contributed by atoms with E-state index in [1.54, 1.807) is 12.0 Å². The Morgan fingerprint density at radius 1 is 1.20 bits per heavy atom. The minimum Gasteiger partial charge on any atom is -0.495 e. The van der Waals surface area contributed by atoms with Crippen LogP contribution in [0.15, 0.2) is 65.7 Å². The Labute approximate surface area is 126 Å². The number of amides is 1. The van der Waals surface area contributed by atoms with E-state index in [0.717, 1.165) is 10.2 Å². The van der Waals surface area contributed by atoms with Crippen LogP contribution in [-0.4, -0.2) is 13.0 Å². The standard InChI is InChI=1S/C16H14BrNO2/c1-3-16(19)18(13-10-8-12(17)9-11-13)14-6-4-5-7-15(14)20-2/h3-11H,1H2,2H3. The number of benzene rings is 2. The summed E-state index contributed by atoms with van der Waals surface area (Å²) in [5.41, 5.74) is 1.44. The third kappa shape index (κ3) is 2.91. The number of rotatable bonds is 4. The molecule has 0 aliphatic rings. The van der Waals surface area contributed by atoms with Gasteiger partial charge in [-0.1, -0.05) is 34.6 Å². The summed E-state index contributed by atoms with van der Waals surface area (Å²) in [5, 5.41) is 0. The fraction of sp³-hybridized carbons (Fsp3) is 0.0625. The Morgan fingerprint density at radius 3 is 2.45 bits per heavy atom. The zero-order valence-corrected chi connectivity index (χ0v) is 12.6. The molecule has 0 heterocycles. The molecule has 0 unspecified atom stereocenters. The SMILES string of the molecule is C=CC(=O)N(c1ccc(Br)cc1)c1ccccc1OC. The largest absolute Gasteiger partial charge is 0.495 e. The van der Waals surface area contributed by atoms with Gasteiger partial charge in [0.15, 0.2) is 0 Å². The zero-order chi connectivity index (χ0) is 14.5. The Balaban J connectivity index is 2.55. The highest BCUT2D eigenvalue weighted by molar-refractivity contribution is 9.10. The molecule has 0 saturated heterocycles. The van der Waals surface area contributed by atoms with Gasteiger partial charge in [-0.05, 0) is 42.5 Å². The molecule has 0 saturated carbocycles. The summed E-state index contributed by atoms with van der Waals surface area (Å²) in [5.74, 6) is 0.419. The Hall–Kier alpha value is -2.07. The van der Waals surface area contributed by atoms with Gasteiger partial charge in [-0.3, -0.25) is 9.69 Å². The summed E-state index contributed by atoms with van der Waals surface area (Å²) in [6.07, 6.45) is 1.29. The van der Waals surface area contributed by atoms with E-state index in [1.807, 2.05) is 48.5 Å². The van der Waals surface area contributed by atoms with Crippen LogP contribution in [0.25, 0.3) is 0 Å². The van der Waals surface area contributed by atoms with Gasteiger partial charge in [0.05, 0.1) is 12.8 Å². The maximum atomic E-state index is 12.2. The average molecular weight is 332 g/mol. The monoisotopic (exact) mass is 331 g/mol. The molecule has 2 aromatic carbocycles. The molecule has 0 aliphatic carbocycles. The van der Waals surface area contributed by atoms with Crippen molar-refractivity contribution in [3.8, 4) is 5.75 Å². The van der Waals surface area contributed by atoms with E-state index in [0.29, 0.717) is 11.4 Å². The predicted octanol–water partition coefficient (Wildman–Crippen LogP) is 4.31. The highest BCUT2D eigenvalue weighted by Crippen LogP contribution is 2.34. The summed E-state index contributed by atoms with van der Waals surface area (Å²) < 4.78 is 6.28. The minimum atomic E-state index is -0.211. The van der Waals surface area contributed by atoms with Crippen molar-refractivity contribution >= 4 is 33.2 Å². The van der Waals surface area contributed by atoms with Crippen molar-refractivity contribution in [2.45, 2.75) is 0 Å². The molecule has 102 valence electrons. The molecule has 0 bridgehead atoms. The van der Waals surface area contributed by atoms with Crippen LogP contribution in [0.5, 0.6) is 5.75 Å². The van der Waals surface area contributed by atoms with Crippen molar-refractivity contribution in [1.29, 1.82) is 0 Å². The van der Waals surface area contributed by atoms with E-state index < -0.39 is 0 Å². The van der Waals surface area contributed by atoms with Crippen LogP contribution in [0.1, 0.15) is 0 Å². The number of halogens is 1. The van der Waals surface area contributed by atoms with Crippen LogP contribution in [0.2, 0.25) is 0 Å². The van der Waals surface area contributed by atoms with Gasteiger partial charge in [0.1, 0.15) is 5.75 Å². The molecule has 0 fully saturated rings.